The molecule has 0 spiro atoms. The van der Waals surface area contributed by atoms with Gasteiger partial charge >= 0.3 is 6.09 Å². The van der Waals surface area contributed by atoms with Crippen molar-refractivity contribution in [2.75, 3.05) is 13.2 Å². The van der Waals surface area contributed by atoms with Crippen molar-refractivity contribution < 1.29 is 9.53 Å². The Labute approximate surface area is 104 Å². The molecule has 0 aliphatic carbocycles. The van der Waals surface area contributed by atoms with Gasteiger partial charge in [0.05, 0.1) is 8.07 Å². The molecule has 4 heteroatoms. The number of carbonyl (C=O) groups is 1. The molecule has 1 aliphatic heterocycles. The highest BCUT2D eigenvalue weighted by atomic mass is 28.3. The molecule has 1 rings (SSSR count). The van der Waals surface area contributed by atoms with Crippen molar-refractivity contribution in [1.82, 2.24) is 4.90 Å². The number of nitrogens with zero attached hydrogens (tertiary/aromatic N) is 1. The van der Waals surface area contributed by atoms with E-state index in [-0.39, 0.29) is 12.1 Å². The monoisotopic (exact) mass is 249 g/mol. The van der Waals surface area contributed by atoms with Crippen LogP contribution in [0.2, 0.25) is 19.6 Å². The summed E-state index contributed by atoms with van der Waals surface area (Å²) in [7, 11) is -1.21. The molecule has 0 aromatic heterocycles. The molecule has 3 nitrogen and oxygen atoms in total. The second kappa shape index (κ2) is 5.74. The molecule has 92 valence electrons. The van der Waals surface area contributed by atoms with Gasteiger partial charge in [0.2, 0.25) is 0 Å². The van der Waals surface area contributed by atoms with E-state index < -0.39 is 8.07 Å². The first-order valence-electron chi connectivity index (χ1n) is 5.68. The summed E-state index contributed by atoms with van der Waals surface area (Å²) in [6, 6.07) is -0.261. The molecule has 0 bridgehead atoms. The van der Waals surface area contributed by atoms with Crippen LogP contribution in [0.5, 0.6) is 0 Å². The van der Waals surface area contributed by atoms with Crippen LogP contribution in [0.1, 0.15) is 0 Å². The van der Waals surface area contributed by atoms with Crippen LogP contribution in [0.25, 0.3) is 0 Å². The molecule has 1 atom stereocenters. The standard InChI is InChI=1S/C13H19NO2Si/c1-5-12-8-6-9-14(12)13(15)16-10-7-11-17(2,3)4/h1,6-8,11-12H,9-10H2,2-4H3. The van der Waals surface area contributed by atoms with Crippen molar-refractivity contribution in [3.05, 3.63) is 23.9 Å². The fraction of sp³-hybridized carbons (Fsp3) is 0.462. The Kier molecular flexibility index (Phi) is 4.59. The van der Waals surface area contributed by atoms with Crippen molar-refractivity contribution in [3.63, 3.8) is 0 Å². The lowest BCUT2D eigenvalue weighted by atomic mass is 10.3. The van der Waals surface area contributed by atoms with Crippen molar-refractivity contribution >= 4 is 14.2 Å². The van der Waals surface area contributed by atoms with Gasteiger partial charge in [-0.3, -0.25) is 4.90 Å². The molecule has 0 N–H and O–H groups in total. The van der Waals surface area contributed by atoms with Crippen molar-refractivity contribution in [3.8, 4) is 12.3 Å². The molecule has 0 fully saturated rings. The zero-order chi connectivity index (χ0) is 12.9. The van der Waals surface area contributed by atoms with Crippen molar-refractivity contribution in [1.29, 1.82) is 0 Å². The predicted octanol–water partition coefficient (Wildman–Crippen LogP) is 2.43. The average Bonchev–Trinajstić information content (AvgIpc) is 2.70. The van der Waals surface area contributed by atoms with Gasteiger partial charge in [-0.15, -0.1) is 6.42 Å². The van der Waals surface area contributed by atoms with E-state index in [1.165, 1.54) is 4.90 Å². The maximum Gasteiger partial charge on any atom is 0.411 e. The molecule has 1 aliphatic rings. The van der Waals surface area contributed by atoms with Gasteiger partial charge in [-0.05, 0) is 0 Å². The lowest BCUT2D eigenvalue weighted by molar-refractivity contribution is 0.117. The molecule has 0 saturated carbocycles. The van der Waals surface area contributed by atoms with Gasteiger partial charge in [-0.25, -0.2) is 4.79 Å². The van der Waals surface area contributed by atoms with E-state index in [9.17, 15) is 4.79 Å². The first-order chi connectivity index (χ1) is 7.94. The topological polar surface area (TPSA) is 29.5 Å². The number of rotatable bonds is 3. The first-order valence-corrected chi connectivity index (χ1v) is 9.25. The third kappa shape index (κ3) is 4.49. The molecule has 0 aromatic rings. The van der Waals surface area contributed by atoms with E-state index in [0.29, 0.717) is 13.2 Å². The third-order valence-electron chi connectivity index (χ3n) is 2.28. The summed E-state index contributed by atoms with van der Waals surface area (Å²) in [5, 5.41) is 0. The smallest absolute Gasteiger partial charge is 0.411 e. The van der Waals surface area contributed by atoms with E-state index in [2.05, 4.69) is 31.3 Å². The highest BCUT2D eigenvalue weighted by molar-refractivity contribution is 6.80. The van der Waals surface area contributed by atoms with E-state index in [0.717, 1.165) is 0 Å². The second-order valence-corrected chi connectivity index (χ2v) is 10.1. The molecule has 1 heterocycles. The minimum absolute atomic E-state index is 0.261. The molecular formula is C13H19NO2Si. The summed E-state index contributed by atoms with van der Waals surface area (Å²) in [5.41, 5.74) is 2.15. The number of terminal acetylenes is 1. The number of ether oxygens (including phenoxy) is 1. The van der Waals surface area contributed by atoms with Gasteiger partial charge in [0.25, 0.3) is 0 Å². The van der Waals surface area contributed by atoms with Crippen LogP contribution in [0, 0.1) is 12.3 Å². The van der Waals surface area contributed by atoms with Gasteiger partial charge in [-0.2, -0.15) is 0 Å². The fourth-order valence-electron chi connectivity index (χ4n) is 1.46. The predicted molar refractivity (Wildman–Crippen MR) is 72.3 cm³/mol. The lowest BCUT2D eigenvalue weighted by Crippen LogP contribution is -2.35. The Morgan fingerprint density at radius 1 is 1.65 bits per heavy atom. The van der Waals surface area contributed by atoms with Crippen LogP contribution in [0.4, 0.5) is 4.79 Å². The minimum Gasteiger partial charge on any atom is -0.445 e. The number of amides is 1. The zero-order valence-corrected chi connectivity index (χ0v) is 11.6. The summed E-state index contributed by atoms with van der Waals surface area (Å²) in [6.45, 7) is 7.53. The maximum atomic E-state index is 11.7. The van der Waals surface area contributed by atoms with Crippen LogP contribution in [0.15, 0.2) is 23.9 Å². The van der Waals surface area contributed by atoms with Crippen LogP contribution >= 0.6 is 0 Å². The lowest BCUT2D eigenvalue weighted by Gasteiger charge is -2.19. The van der Waals surface area contributed by atoms with Gasteiger partial charge < -0.3 is 4.74 Å². The summed E-state index contributed by atoms with van der Waals surface area (Å²) in [6.07, 6.45) is 10.6. The molecular weight excluding hydrogens is 230 g/mol. The Morgan fingerprint density at radius 2 is 2.35 bits per heavy atom. The summed E-state index contributed by atoms with van der Waals surface area (Å²) < 4.78 is 5.14. The zero-order valence-electron chi connectivity index (χ0n) is 10.6. The largest absolute Gasteiger partial charge is 0.445 e. The van der Waals surface area contributed by atoms with Crippen molar-refractivity contribution in [2.24, 2.45) is 0 Å². The first kappa shape index (κ1) is 13.6. The average molecular weight is 249 g/mol. The Bertz CT molecular complexity index is 374. The summed E-state index contributed by atoms with van der Waals surface area (Å²) in [5.74, 6) is 2.54. The Hall–Kier alpha value is -1.47. The molecule has 0 aromatic carbocycles. The fourth-order valence-corrected chi connectivity index (χ4v) is 2.26. The van der Waals surface area contributed by atoms with Crippen molar-refractivity contribution in [2.45, 2.75) is 25.7 Å². The number of hydrogen-bond acceptors (Lipinski definition) is 2. The second-order valence-electron chi connectivity index (χ2n) is 5.04. The highest BCUT2D eigenvalue weighted by Gasteiger charge is 2.23. The SMILES string of the molecule is C#CC1C=CCN1C(=O)OCC=C[Si](C)(C)C. The molecule has 0 radical (unpaired) electrons. The number of hydrogen-bond donors (Lipinski definition) is 0. The van der Waals surface area contributed by atoms with Gasteiger partial charge in [-0.1, -0.05) is 49.5 Å². The van der Waals surface area contributed by atoms with Crippen LogP contribution in [-0.4, -0.2) is 38.3 Å². The van der Waals surface area contributed by atoms with E-state index in [1.54, 1.807) is 0 Å². The highest BCUT2D eigenvalue weighted by Crippen LogP contribution is 2.10. The third-order valence-corrected chi connectivity index (χ3v) is 3.52. The maximum absolute atomic E-state index is 11.7. The van der Waals surface area contributed by atoms with Gasteiger partial charge in [0.15, 0.2) is 0 Å². The quantitative estimate of drug-likeness (QED) is 0.437. The molecule has 1 amide bonds. The molecule has 1 unspecified atom stereocenters. The Balaban J connectivity index is 2.37. The van der Waals surface area contributed by atoms with E-state index >= 15 is 0 Å². The summed E-state index contributed by atoms with van der Waals surface area (Å²) >= 11 is 0. The number of carbonyl (C=O) groups excluding carboxylic acids is 1. The summed E-state index contributed by atoms with van der Waals surface area (Å²) in [4.78, 5) is 13.2. The Morgan fingerprint density at radius 3 is 2.94 bits per heavy atom. The van der Waals surface area contributed by atoms with Crippen LogP contribution in [-0.2, 0) is 4.74 Å². The molecule has 0 saturated heterocycles. The van der Waals surface area contributed by atoms with E-state index in [1.807, 2.05) is 18.2 Å². The van der Waals surface area contributed by atoms with Gasteiger partial charge in [0.1, 0.15) is 12.6 Å². The van der Waals surface area contributed by atoms with Crippen LogP contribution < -0.4 is 0 Å². The molecule has 17 heavy (non-hydrogen) atoms. The van der Waals surface area contributed by atoms with Gasteiger partial charge in [0, 0.05) is 6.54 Å². The van der Waals surface area contributed by atoms with Crippen LogP contribution in [0.3, 0.4) is 0 Å². The van der Waals surface area contributed by atoms with E-state index in [4.69, 9.17) is 11.2 Å². The minimum atomic E-state index is -1.21. The normalized spacial score (nSPS) is 19.6.